The van der Waals surface area contributed by atoms with Crippen molar-refractivity contribution in [1.82, 2.24) is 0 Å². The van der Waals surface area contributed by atoms with Crippen molar-refractivity contribution in [2.75, 3.05) is 6.61 Å². The fourth-order valence-electron chi connectivity index (χ4n) is 1.69. The van der Waals surface area contributed by atoms with Gasteiger partial charge in [-0.3, -0.25) is 4.79 Å². The fraction of sp³-hybridized carbons (Fsp3) is 0.353. The number of benzene rings is 1. The Morgan fingerprint density at radius 1 is 1.15 bits per heavy atom. The average molecular weight is 273 g/mol. The average Bonchev–Trinajstić information content (AvgIpc) is 2.39. The smallest absolute Gasteiger partial charge is 0.248 e. The summed E-state index contributed by atoms with van der Waals surface area (Å²) in [5.41, 5.74) is 8.34. The Kier molecular flexibility index (Phi) is 6.57. The van der Waals surface area contributed by atoms with E-state index >= 15 is 0 Å². The summed E-state index contributed by atoms with van der Waals surface area (Å²) in [4.78, 5) is 10.9. The van der Waals surface area contributed by atoms with Crippen molar-refractivity contribution in [3.63, 3.8) is 0 Å². The predicted octanol–water partition coefficient (Wildman–Crippen LogP) is 3.86. The van der Waals surface area contributed by atoms with Gasteiger partial charge in [0.1, 0.15) is 12.4 Å². The van der Waals surface area contributed by atoms with E-state index in [1.54, 1.807) is 24.3 Å². The number of carbonyl (C=O) groups excluding carboxylic acids is 1. The molecule has 0 atom stereocenters. The Balaban J connectivity index is 2.39. The molecule has 0 fully saturated rings. The maximum atomic E-state index is 10.9. The van der Waals surface area contributed by atoms with Crippen LogP contribution in [-0.2, 0) is 0 Å². The normalized spacial score (nSPS) is 11.1. The second kappa shape index (κ2) is 8.20. The van der Waals surface area contributed by atoms with Gasteiger partial charge in [-0.25, -0.2) is 0 Å². The lowest BCUT2D eigenvalue weighted by atomic mass is 10.1. The monoisotopic (exact) mass is 273 g/mol. The topological polar surface area (TPSA) is 52.3 Å². The van der Waals surface area contributed by atoms with E-state index in [2.05, 4.69) is 32.9 Å². The highest BCUT2D eigenvalue weighted by Crippen LogP contribution is 2.12. The van der Waals surface area contributed by atoms with Gasteiger partial charge in [0.15, 0.2) is 0 Å². The first-order valence-corrected chi connectivity index (χ1v) is 6.80. The molecule has 0 radical (unpaired) electrons. The van der Waals surface area contributed by atoms with E-state index in [1.165, 1.54) is 11.1 Å². The number of amides is 1. The van der Waals surface area contributed by atoms with Crippen LogP contribution >= 0.6 is 0 Å². The van der Waals surface area contributed by atoms with E-state index < -0.39 is 5.91 Å². The highest BCUT2D eigenvalue weighted by atomic mass is 16.5. The molecular formula is C17H23NO2. The molecule has 0 aliphatic heterocycles. The van der Waals surface area contributed by atoms with Gasteiger partial charge in [-0.05, 0) is 64.0 Å². The van der Waals surface area contributed by atoms with Crippen LogP contribution < -0.4 is 10.5 Å². The first-order chi connectivity index (χ1) is 9.49. The SMILES string of the molecule is CC(C)=CCCC(C)=CCOc1ccc(C(N)=O)cc1. The zero-order valence-corrected chi connectivity index (χ0v) is 12.5. The summed E-state index contributed by atoms with van der Waals surface area (Å²) < 4.78 is 5.59. The summed E-state index contributed by atoms with van der Waals surface area (Å²) in [5, 5.41) is 0. The van der Waals surface area contributed by atoms with Crippen LogP contribution in [0.2, 0.25) is 0 Å². The van der Waals surface area contributed by atoms with E-state index in [-0.39, 0.29) is 0 Å². The van der Waals surface area contributed by atoms with Gasteiger partial charge < -0.3 is 10.5 Å². The standard InChI is InChI=1S/C17H23NO2/c1-13(2)5-4-6-14(3)11-12-20-16-9-7-15(8-10-16)17(18)19/h5,7-11H,4,6,12H2,1-3H3,(H2,18,19). The fourth-order valence-corrected chi connectivity index (χ4v) is 1.69. The molecule has 0 aliphatic carbocycles. The van der Waals surface area contributed by atoms with Crippen molar-refractivity contribution in [3.05, 3.63) is 53.1 Å². The van der Waals surface area contributed by atoms with Gasteiger partial charge in [-0.15, -0.1) is 0 Å². The molecule has 0 heterocycles. The van der Waals surface area contributed by atoms with Crippen LogP contribution in [0, 0.1) is 0 Å². The quantitative estimate of drug-likeness (QED) is 0.767. The molecule has 0 spiro atoms. The third-order valence-electron chi connectivity index (χ3n) is 2.91. The van der Waals surface area contributed by atoms with Crippen molar-refractivity contribution in [2.45, 2.75) is 33.6 Å². The van der Waals surface area contributed by atoms with Crippen molar-refractivity contribution in [3.8, 4) is 5.75 Å². The third-order valence-corrected chi connectivity index (χ3v) is 2.91. The van der Waals surface area contributed by atoms with Crippen molar-refractivity contribution in [1.29, 1.82) is 0 Å². The van der Waals surface area contributed by atoms with E-state index in [1.807, 2.05) is 0 Å². The number of ether oxygens (including phenoxy) is 1. The molecule has 0 aromatic heterocycles. The van der Waals surface area contributed by atoms with Crippen molar-refractivity contribution >= 4 is 5.91 Å². The molecule has 0 unspecified atom stereocenters. The summed E-state index contributed by atoms with van der Waals surface area (Å²) >= 11 is 0. The van der Waals surface area contributed by atoms with E-state index in [9.17, 15) is 4.79 Å². The molecule has 1 aromatic rings. The van der Waals surface area contributed by atoms with Crippen LogP contribution in [0.5, 0.6) is 5.75 Å². The zero-order chi connectivity index (χ0) is 15.0. The number of primary amides is 1. The van der Waals surface area contributed by atoms with Crippen molar-refractivity contribution < 1.29 is 9.53 Å². The second-order valence-corrected chi connectivity index (χ2v) is 5.07. The molecule has 1 rings (SSSR count). The first-order valence-electron chi connectivity index (χ1n) is 6.80. The van der Waals surface area contributed by atoms with Gasteiger partial charge in [-0.2, -0.15) is 0 Å². The minimum atomic E-state index is -0.424. The molecule has 0 bridgehead atoms. The Morgan fingerprint density at radius 2 is 1.80 bits per heavy atom. The summed E-state index contributed by atoms with van der Waals surface area (Å²) in [5.74, 6) is 0.315. The van der Waals surface area contributed by atoms with E-state index in [0.29, 0.717) is 12.2 Å². The van der Waals surface area contributed by atoms with E-state index in [4.69, 9.17) is 10.5 Å². The second-order valence-electron chi connectivity index (χ2n) is 5.07. The molecule has 0 aliphatic rings. The van der Waals surface area contributed by atoms with Crippen LogP contribution in [-0.4, -0.2) is 12.5 Å². The maximum Gasteiger partial charge on any atom is 0.248 e. The largest absolute Gasteiger partial charge is 0.490 e. The lowest BCUT2D eigenvalue weighted by molar-refractivity contribution is 0.100. The Labute approximate surface area is 121 Å². The highest BCUT2D eigenvalue weighted by molar-refractivity contribution is 5.92. The zero-order valence-electron chi connectivity index (χ0n) is 12.5. The summed E-state index contributed by atoms with van der Waals surface area (Å²) in [6.45, 7) is 6.87. The Hall–Kier alpha value is -2.03. The van der Waals surface area contributed by atoms with Crippen LogP contribution in [0.1, 0.15) is 44.0 Å². The third kappa shape index (κ3) is 6.23. The number of rotatable bonds is 7. The molecular weight excluding hydrogens is 250 g/mol. The van der Waals surface area contributed by atoms with Gasteiger partial charge in [0.25, 0.3) is 0 Å². The Bertz CT molecular complexity index is 494. The number of hydrogen-bond acceptors (Lipinski definition) is 2. The summed E-state index contributed by atoms with van der Waals surface area (Å²) in [7, 11) is 0. The molecule has 3 heteroatoms. The van der Waals surface area contributed by atoms with Crippen molar-refractivity contribution in [2.24, 2.45) is 5.73 Å². The Morgan fingerprint density at radius 3 is 2.35 bits per heavy atom. The molecule has 20 heavy (non-hydrogen) atoms. The van der Waals surface area contributed by atoms with Crippen LogP contribution in [0.15, 0.2) is 47.6 Å². The number of allylic oxidation sites excluding steroid dienone is 3. The minimum absolute atomic E-state index is 0.424. The molecule has 0 saturated heterocycles. The summed E-state index contributed by atoms with van der Waals surface area (Å²) in [6.07, 6.45) is 6.44. The lowest BCUT2D eigenvalue weighted by Crippen LogP contribution is -2.10. The van der Waals surface area contributed by atoms with Crippen LogP contribution in [0.4, 0.5) is 0 Å². The lowest BCUT2D eigenvalue weighted by Gasteiger charge is -2.05. The predicted molar refractivity (Wildman–Crippen MR) is 82.9 cm³/mol. The summed E-state index contributed by atoms with van der Waals surface area (Å²) in [6, 6.07) is 6.85. The van der Waals surface area contributed by atoms with E-state index in [0.717, 1.165) is 18.6 Å². The molecule has 1 amide bonds. The van der Waals surface area contributed by atoms with Gasteiger partial charge in [0.2, 0.25) is 5.91 Å². The maximum absolute atomic E-state index is 10.9. The van der Waals surface area contributed by atoms with Gasteiger partial charge >= 0.3 is 0 Å². The number of hydrogen-bond donors (Lipinski definition) is 1. The van der Waals surface area contributed by atoms with Gasteiger partial charge in [0, 0.05) is 5.56 Å². The van der Waals surface area contributed by atoms with Gasteiger partial charge in [0.05, 0.1) is 0 Å². The van der Waals surface area contributed by atoms with Crippen LogP contribution in [0.25, 0.3) is 0 Å². The number of carbonyl (C=O) groups is 1. The minimum Gasteiger partial charge on any atom is -0.490 e. The molecule has 1 aromatic carbocycles. The molecule has 108 valence electrons. The number of nitrogens with two attached hydrogens (primary N) is 1. The highest BCUT2D eigenvalue weighted by Gasteiger charge is 1.99. The molecule has 3 nitrogen and oxygen atoms in total. The van der Waals surface area contributed by atoms with Gasteiger partial charge in [-0.1, -0.05) is 17.2 Å². The molecule has 2 N–H and O–H groups in total. The van der Waals surface area contributed by atoms with Crippen LogP contribution in [0.3, 0.4) is 0 Å². The molecule has 0 saturated carbocycles. The first kappa shape index (κ1) is 16.0.